The number of fused-ring (bicyclic) bond motifs is 1. The van der Waals surface area contributed by atoms with E-state index in [4.69, 9.17) is 0 Å². The van der Waals surface area contributed by atoms with Crippen molar-refractivity contribution in [3.8, 4) is 0 Å². The van der Waals surface area contributed by atoms with Crippen LogP contribution in [0.3, 0.4) is 0 Å². The molecule has 0 radical (unpaired) electrons. The number of halogens is 1. The van der Waals surface area contributed by atoms with Crippen LogP contribution >= 0.6 is 15.9 Å². The molecular formula is C18H18BrN3O2. The van der Waals surface area contributed by atoms with Crippen LogP contribution in [0.15, 0.2) is 46.9 Å². The quantitative estimate of drug-likeness (QED) is 0.844. The molecule has 2 aromatic carbocycles. The van der Waals surface area contributed by atoms with E-state index in [9.17, 15) is 9.59 Å². The molecule has 0 spiro atoms. The second-order valence-corrected chi connectivity index (χ2v) is 6.59. The zero-order valence-corrected chi connectivity index (χ0v) is 14.9. The first kappa shape index (κ1) is 16.5. The van der Waals surface area contributed by atoms with Crippen LogP contribution in [-0.2, 0) is 16.0 Å². The normalized spacial score (nSPS) is 12.7. The Morgan fingerprint density at radius 2 is 2.00 bits per heavy atom. The highest BCUT2D eigenvalue weighted by Gasteiger charge is 2.22. The first-order valence-corrected chi connectivity index (χ1v) is 8.52. The molecule has 6 heteroatoms. The van der Waals surface area contributed by atoms with Crippen LogP contribution in [0.4, 0.5) is 17.1 Å². The molecule has 1 aliphatic heterocycles. The molecule has 24 heavy (non-hydrogen) atoms. The topological polar surface area (TPSA) is 61.4 Å². The Morgan fingerprint density at radius 3 is 2.75 bits per heavy atom. The number of nitrogens with zero attached hydrogens (tertiary/aromatic N) is 1. The highest BCUT2D eigenvalue weighted by Crippen LogP contribution is 2.30. The SMILES string of the molecule is CC(=O)N1CCc2cc(NC(=O)CNc3cccc(Br)c3)ccc21. The molecular weight excluding hydrogens is 370 g/mol. The largest absolute Gasteiger partial charge is 0.376 e. The van der Waals surface area contributed by atoms with Gasteiger partial charge in [-0.3, -0.25) is 9.59 Å². The summed E-state index contributed by atoms with van der Waals surface area (Å²) in [5.41, 5.74) is 3.65. The van der Waals surface area contributed by atoms with Gasteiger partial charge in [0.2, 0.25) is 11.8 Å². The minimum atomic E-state index is -0.114. The lowest BCUT2D eigenvalue weighted by atomic mass is 10.1. The van der Waals surface area contributed by atoms with E-state index < -0.39 is 0 Å². The predicted octanol–water partition coefficient (Wildman–Crippen LogP) is 3.41. The summed E-state index contributed by atoms with van der Waals surface area (Å²) in [5.74, 6) is -0.0693. The van der Waals surface area contributed by atoms with E-state index in [1.165, 1.54) is 0 Å². The number of anilines is 3. The summed E-state index contributed by atoms with van der Waals surface area (Å²) in [4.78, 5) is 25.4. The minimum Gasteiger partial charge on any atom is -0.376 e. The van der Waals surface area contributed by atoms with E-state index in [1.54, 1.807) is 11.8 Å². The van der Waals surface area contributed by atoms with Gasteiger partial charge < -0.3 is 15.5 Å². The van der Waals surface area contributed by atoms with E-state index in [2.05, 4.69) is 26.6 Å². The molecule has 0 aromatic heterocycles. The van der Waals surface area contributed by atoms with Gasteiger partial charge in [-0.2, -0.15) is 0 Å². The van der Waals surface area contributed by atoms with Crippen LogP contribution in [-0.4, -0.2) is 24.9 Å². The molecule has 2 amide bonds. The first-order valence-electron chi connectivity index (χ1n) is 7.73. The third-order valence-electron chi connectivity index (χ3n) is 3.92. The first-order chi connectivity index (χ1) is 11.5. The van der Waals surface area contributed by atoms with Crippen LogP contribution in [0.25, 0.3) is 0 Å². The van der Waals surface area contributed by atoms with Gasteiger partial charge in [-0.05, 0) is 48.4 Å². The maximum atomic E-state index is 12.1. The van der Waals surface area contributed by atoms with Crippen molar-refractivity contribution in [2.75, 3.05) is 28.6 Å². The Balaban J connectivity index is 1.60. The van der Waals surface area contributed by atoms with E-state index >= 15 is 0 Å². The average Bonchev–Trinajstić information content (AvgIpc) is 2.96. The molecule has 0 fully saturated rings. The average molecular weight is 388 g/mol. The number of benzene rings is 2. The number of hydrogen-bond acceptors (Lipinski definition) is 3. The number of hydrogen-bond donors (Lipinski definition) is 2. The molecule has 1 aliphatic rings. The molecule has 124 valence electrons. The van der Waals surface area contributed by atoms with Gasteiger partial charge in [0.25, 0.3) is 0 Å². The summed E-state index contributed by atoms with van der Waals surface area (Å²) in [6.07, 6.45) is 0.814. The van der Waals surface area contributed by atoms with Gasteiger partial charge in [0, 0.05) is 35.0 Å². The fraction of sp³-hybridized carbons (Fsp3) is 0.222. The van der Waals surface area contributed by atoms with Gasteiger partial charge in [-0.25, -0.2) is 0 Å². The van der Waals surface area contributed by atoms with E-state index in [1.807, 2.05) is 42.5 Å². The minimum absolute atomic E-state index is 0.0451. The van der Waals surface area contributed by atoms with Gasteiger partial charge in [0.05, 0.1) is 6.54 Å². The smallest absolute Gasteiger partial charge is 0.243 e. The second-order valence-electron chi connectivity index (χ2n) is 5.68. The lowest BCUT2D eigenvalue weighted by molar-refractivity contribution is -0.116. The Bertz CT molecular complexity index is 792. The van der Waals surface area contributed by atoms with Crippen molar-refractivity contribution in [3.05, 3.63) is 52.5 Å². The fourth-order valence-electron chi connectivity index (χ4n) is 2.79. The lowest BCUT2D eigenvalue weighted by Crippen LogP contribution is -2.25. The second kappa shape index (κ2) is 7.05. The van der Waals surface area contributed by atoms with Crippen molar-refractivity contribution in [1.82, 2.24) is 0 Å². The molecule has 0 bridgehead atoms. The van der Waals surface area contributed by atoms with Crippen molar-refractivity contribution in [2.45, 2.75) is 13.3 Å². The van der Waals surface area contributed by atoms with Crippen molar-refractivity contribution >= 4 is 44.8 Å². The highest BCUT2D eigenvalue weighted by atomic mass is 79.9. The van der Waals surface area contributed by atoms with Crippen molar-refractivity contribution < 1.29 is 9.59 Å². The molecule has 0 unspecified atom stereocenters. The van der Waals surface area contributed by atoms with Gasteiger partial charge in [0.1, 0.15) is 0 Å². The maximum Gasteiger partial charge on any atom is 0.243 e. The molecule has 1 heterocycles. The van der Waals surface area contributed by atoms with Crippen molar-refractivity contribution in [2.24, 2.45) is 0 Å². The number of amides is 2. The third kappa shape index (κ3) is 3.76. The Morgan fingerprint density at radius 1 is 1.17 bits per heavy atom. The maximum absolute atomic E-state index is 12.1. The third-order valence-corrected chi connectivity index (χ3v) is 4.41. The number of carbonyl (C=O) groups is 2. The van der Waals surface area contributed by atoms with Crippen LogP contribution in [0.2, 0.25) is 0 Å². The molecule has 3 rings (SSSR count). The van der Waals surface area contributed by atoms with Crippen LogP contribution in [0.1, 0.15) is 12.5 Å². The number of nitrogens with one attached hydrogen (secondary N) is 2. The van der Waals surface area contributed by atoms with Crippen LogP contribution in [0.5, 0.6) is 0 Å². The van der Waals surface area contributed by atoms with Crippen molar-refractivity contribution in [3.63, 3.8) is 0 Å². The van der Waals surface area contributed by atoms with Crippen LogP contribution < -0.4 is 15.5 Å². The summed E-state index contributed by atoms with van der Waals surface area (Å²) in [5, 5.41) is 5.97. The molecule has 2 aromatic rings. The molecule has 0 atom stereocenters. The summed E-state index contributed by atoms with van der Waals surface area (Å²) >= 11 is 3.40. The van der Waals surface area contributed by atoms with Gasteiger partial charge in [0.15, 0.2) is 0 Å². The summed E-state index contributed by atoms with van der Waals surface area (Å²) in [6, 6.07) is 13.3. The molecule has 2 N–H and O–H groups in total. The Kier molecular flexibility index (Phi) is 4.85. The number of rotatable bonds is 4. The van der Waals surface area contributed by atoms with Gasteiger partial charge in [-0.1, -0.05) is 22.0 Å². The molecule has 0 saturated heterocycles. The van der Waals surface area contributed by atoms with Gasteiger partial charge >= 0.3 is 0 Å². The standard InChI is InChI=1S/C18H18BrN3O2/c1-12(23)22-8-7-13-9-16(5-6-17(13)22)21-18(24)11-20-15-4-2-3-14(19)10-15/h2-6,9-10,20H,7-8,11H2,1H3,(H,21,24). The highest BCUT2D eigenvalue weighted by molar-refractivity contribution is 9.10. The number of carbonyl (C=O) groups excluding carboxylic acids is 2. The molecule has 5 nitrogen and oxygen atoms in total. The van der Waals surface area contributed by atoms with Crippen LogP contribution in [0, 0.1) is 0 Å². The van der Waals surface area contributed by atoms with Gasteiger partial charge in [-0.15, -0.1) is 0 Å². The van der Waals surface area contributed by atoms with E-state index in [0.717, 1.165) is 33.5 Å². The predicted molar refractivity (Wildman–Crippen MR) is 99.4 cm³/mol. The Labute approximate surface area is 149 Å². The molecule has 0 aliphatic carbocycles. The summed E-state index contributed by atoms with van der Waals surface area (Å²) < 4.78 is 0.960. The van der Waals surface area contributed by atoms with E-state index in [-0.39, 0.29) is 18.4 Å². The van der Waals surface area contributed by atoms with E-state index in [0.29, 0.717) is 6.54 Å². The zero-order valence-electron chi connectivity index (χ0n) is 13.3. The molecule has 0 saturated carbocycles. The lowest BCUT2D eigenvalue weighted by Gasteiger charge is -2.15. The monoisotopic (exact) mass is 387 g/mol. The fourth-order valence-corrected chi connectivity index (χ4v) is 3.19. The van der Waals surface area contributed by atoms with Crippen molar-refractivity contribution in [1.29, 1.82) is 0 Å². The zero-order chi connectivity index (χ0) is 17.1. The summed E-state index contributed by atoms with van der Waals surface area (Å²) in [7, 11) is 0. The Hall–Kier alpha value is -2.34. The summed E-state index contributed by atoms with van der Waals surface area (Å²) in [6.45, 7) is 2.46.